The molecule has 1 aliphatic rings. The predicted molar refractivity (Wildman–Crippen MR) is 125 cm³/mol. The van der Waals surface area contributed by atoms with Gasteiger partial charge in [0.1, 0.15) is 0 Å². The first-order valence-corrected chi connectivity index (χ1v) is 12.2. The maximum Gasteiger partial charge on any atom is 0.254 e. The first kappa shape index (κ1) is 24.2. The number of sulfonamides is 1. The number of amides is 2. The summed E-state index contributed by atoms with van der Waals surface area (Å²) in [6, 6.07) is 10.1. The highest BCUT2D eigenvalue weighted by Gasteiger charge is 2.33. The summed E-state index contributed by atoms with van der Waals surface area (Å²) in [5.74, 6) is -0.705. The van der Waals surface area contributed by atoms with Gasteiger partial charge in [-0.3, -0.25) is 9.59 Å². The third kappa shape index (κ3) is 5.14. The van der Waals surface area contributed by atoms with E-state index in [0.717, 1.165) is 11.1 Å². The third-order valence-electron chi connectivity index (χ3n) is 5.65. The molecule has 32 heavy (non-hydrogen) atoms. The second kappa shape index (κ2) is 9.60. The number of piperidine rings is 1. The van der Waals surface area contributed by atoms with Crippen molar-refractivity contribution in [1.29, 1.82) is 0 Å². The minimum atomic E-state index is -3.59. The van der Waals surface area contributed by atoms with E-state index >= 15 is 0 Å². The molecule has 0 spiro atoms. The number of aryl methyl sites for hydroxylation is 2. The summed E-state index contributed by atoms with van der Waals surface area (Å²) in [5.41, 5.74) is 2.59. The molecular formula is C23H28ClN3O4S. The van der Waals surface area contributed by atoms with E-state index in [0.29, 0.717) is 29.0 Å². The molecule has 0 unspecified atom stereocenters. The molecule has 3 rings (SSSR count). The Morgan fingerprint density at radius 1 is 1.06 bits per heavy atom. The lowest BCUT2D eigenvalue weighted by Crippen LogP contribution is -2.41. The van der Waals surface area contributed by atoms with Gasteiger partial charge in [0, 0.05) is 38.8 Å². The molecule has 172 valence electrons. The molecule has 2 aromatic carbocycles. The van der Waals surface area contributed by atoms with Crippen LogP contribution in [-0.2, 0) is 14.8 Å². The van der Waals surface area contributed by atoms with Crippen molar-refractivity contribution < 1.29 is 18.0 Å². The Morgan fingerprint density at radius 3 is 2.28 bits per heavy atom. The normalized spacial score (nSPS) is 15.4. The Morgan fingerprint density at radius 2 is 1.72 bits per heavy atom. The molecule has 2 amide bonds. The van der Waals surface area contributed by atoms with E-state index in [4.69, 9.17) is 11.6 Å². The van der Waals surface area contributed by atoms with Crippen LogP contribution >= 0.6 is 11.6 Å². The van der Waals surface area contributed by atoms with Crippen LogP contribution in [0.4, 0.5) is 5.69 Å². The predicted octanol–water partition coefficient (Wildman–Crippen LogP) is 3.70. The van der Waals surface area contributed by atoms with Crippen LogP contribution in [-0.4, -0.2) is 56.6 Å². The Bertz CT molecular complexity index is 1140. The van der Waals surface area contributed by atoms with E-state index in [1.54, 1.807) is 51.4 Å². The zero-order valence-electron chi connectivity index (χ0n) is 18.7. The van der Waals surface area contributed by atoms with Crippen LogP contribution in [0.15, 0.2) is 41.3 Å². The Labute approximate surface area is 194 Å². The highest BCUT2D eigenvalue weighted by atomic mass is 35.5. The van der Waals surface area contributed by atoms with Gasteiger partial charge in [-0.1, -0.05) is 29.3 Å². The number of anilines is 1. The van der Waals surface area contributed by atoms with Crippen molar-refractivity contribution in [3.8, 4) is 0 Å². The molecule has 0 radical (unpaired) electrons. The van der Waals surface area contributed by atoms with Gasteiger partial charge in [-0.05, 0) is 56.5 Å². The van der Waals surface area contributed by atoms with Crippen molar-refractivity contribution in [3.05, 3.63) is 58.1 Å². The van der Waals surface area contributed by atoms with E-state index in [9.17, 15) is 18.0 Å². The molecule has 0 bridgehead atoms. The molecule has 1 fully saturated rings. The van der Waals surface area contributed by atoms with E-state index in [2.05, 4.69) is 5.32 Å². The highest BCUT2D eigenvalue weighted by Crippen LogP contribution is 2.28. The third-order valence-corrected chi connectivity index (χ3v) is 8.02. The summed E-state index contributed by atoms with van der Waals surface area (Å²) in [6.45, 7) is 4.28. The second-order valence-corrected chi connectivity index (χ2v) is 10.6. The lowest BCUT2D eigenvalue weighted by Gasteiger charge is -2.31. The van der Waals surface area contributed by atoms with Crippen molar-refractivity contribution >= 4 is 39.1 Å². The number of nitrogens with one attached hydrogen (secondary N) is 1. The van der Waals surface area contributed by atoms with Gasteiger partial charge in [0.05, 0.1) is 15.5 Å². The average Bonchev–Trinajstić information content (AvgIpc) is 2.73. The Balaban J connectivity index is 1.63. The number of carbonyl (C=O) groups is 2. The van der Waals surface area contributed by atoms with Gasteiger partial charge in [0.2, 0.25) is 15.9 Å². The first-order valence-electron chi connectivity index (χ1n) is 10.4. The van der Waals surface area contributed by atoms with Gasteiger partial charge in [-0.15, -0.1) is 0 Å². The van der Waals surface area contributed by atoms with E-state index < -0.39 is 10.0 Å². The molecule has 9 heteroatoms. The largest absolute Gasteiger partial charge is 0.345 e. The number of rotatable bonds is 5. The molecule has 1 N–H and O–H groups in total. The molecule has 1 saturated heterocycles. The number of halogens is 1. The second-order valence-electron chi connectivity index (χ2n) is 8.33. The van der Waals surface area contributed by atoms with Gasteiger partial charge in [-0.25, -0.2) is 8.42 Å². The molecular weight excluding hydrogens is 450 g/mol. The minimum Gasteiger partial charge on any atom is -0.345 e. The number of carbonyl (C=O) groups excluding carboxylic acids is 2. The zero-order chi connectivity index (χ0) is 23.6. The smallest absolute Gasteiger partial charge is 0.254 e. The monoisotopic (exact) mass is 477 g/mol. The molecule has 0 atom stereocenters. The van der Waals surface area contributed by atoms with Crippen LogP contribution in [0.2, 0.25) is 5.02 Å². The average molecular weight is 478 g/mol. The summed E-state index contributed by atoms with van der Waals surface area (Å²) >= 11 is 6.22. The van der Waals surface area contributed by atoms with Crippen LogP contribution in [0.1, 0.15) is 34.3 Å². The molecule has 1 heterocycles. The van der Waals surface area contributed by atoms with Crippen LogP contribution in [0.5, 0.6) is 0 Å². The molecule has 7 nitrogen and oxygen atoms in total. The molecule has 2 aromatic rings. The van der Waals surface area contributed by atoms with Gasteiger partial charge in [-0.2, -0.15) is 4.31 Å². The number of hydrogen-bond acceptors (Lipinski definition) is 4. The Kier molecular flexibility index (Phi) is 7.27. The molecule has 0 aliphatic carbocycles. The SMILES string of the molecule is Cc1ccc(S(=O)(=O)N2CCC(C(=O)Nc3ccc(C(=O)N(C)C)c(Cl)c3)CC2)c(C)c1. The first-order chi connectivity index (χ1) is 15.0. The maximum absolute atomic E-state index is 13.0. The fraction of sp³-hybridized carbons (Fsp3) is 0.391. The van der Waals surface area contributed by atoms with E-state index in [1.807, 2.05) is 13.0 Å². The quantitative estimate of drug-likeness (QED) is 0.711. The minimum absolute atomic E-state index is 0.184. The summed E-state index contributed by atoms with van der Waals surface area (Å²) in [6.07, 6.45) is 0.863. The fourth-order valence-electron chi connectivity index (χ4n) is 3.84. The lowest BCUT2D eigenvalue weighted by molar-refractivity contribution is -0.120. The van der Waals surface area contributed by atoms with Gasteiger partial charge < -0.3 is 10.2 Å². The van der Waals surface area contributed by atoms with Crippen LogP contribution in [0.3, 0.4) is 0 Å². The zero-order valence-corrected chi connectivity index (χ0v) is 20.3. The van der Waals surface area contributed by atoms with Crippen LogP contribution < -0.4 is 5.32 Å². The summed E-state index contributed by atoms with van der Waals surface area (Å²) in [7, 11) is -0.315. The topological polar surface area (TPSA) is 86.8 Å². The van der Waals surface area contributed by atoms with Crippen LogP contribution in [0.25, 0.3) is 0 Å². The number of benzene rings is 2. The van der Waals surface area contributed by atoms with E-state index in [1.165, 1.54) is 9.21 Å². The van der Waals surface area contributed by atoms with Gasteiger partial charge in [0.15, 0.2) is 0 Å². The highest BCUT2D eigenvalue weighted by molar-refractivity contribution is 7.89. The fourth-order valence-corrected chi connectivity index (χ4v) is 5.77. The van der Waals surface area contributed by atoms with Crippen molar-refractivity contribution in [2.24, 2.45) is 5.92 Å². The molecule has 1 aliphatic heterocycles. The summed E-state index contributed by atoms with van der Waals surface area (Å²) < 4.78 is 27.5. The van der Waals surface area contributed by atoms with Crippen molar-refractivity contribution in [1.82, 2.24) is 9.21 Å². The summed E-state index contributed by atoms with van der Waals surface area (Å²) in [4.78, 5) is 26.6. The van der Waals surface area contributed by atoms with Gasteiger partial charge in [0.25, 0.3) is 5.91 Å². The van der Waals surface area contributed by atoms with Crippen molar-refractivity contribution in [2.75, 3.05) is 32.5 Å². The molecule has 0 saturated carbocycles. The van der Waals surface area contributed by atoms with E-state index in [-0.39, 0.29) is 35.8 Å². The van der Waals surface area contributed by atoms with Crippen LogP contribution in [0, 0.1) is 19.8 Å². The molecule has 0 aromatic heterocycles. The number of hydrogen-bond donors (Lipinski definition) is 1. The van der Waals surface area contributed by atoms with Gasteiger partial charge >= 0.3 is 0 Å². The number of nitrogens with zero attached hydrogens (tertiary/aromatic N) is 2. The lowest BCUT2D eigenvalue weighted by atomic mass is 9.97. The standard InChI is InChI=1S/C23H28ClN3O4S/c1-15-5-8-21(16(2)13-15)32(30,31)27-11-9-17(10-12-27)22(28)25-18-6-7-19(20(24)14-18)23(29)26(3)4/h5-8,13-14,17H,9-12H2,1-4H3,(H,25,28). The van der Waals surface area contributed by atoms with Crippen molar-refractivity contribution in [3.63, 3.8) is 0 Å². The maximum atomic E-state index is 13.0. The van der Waals surface area contributed by atoms with Crippen molar-refractivity contribution in [2.45, 2.75) is 31.6 Å². The Hall–Kier alpha value is -2.42. The summed E-state index contributed by atoms with van der Waals surface area (Å²) in [5, 5.41) is 3.09.